The number of ether oxygens (including phenoxy) is 1. The van der Waals surface area contributed by atoms with Gasteiger partial charge in [-0.25, -0.2) is 0 Å². The van der Waals surface area contributed by atoms with Crippen LogP contribution >= 0.6 is 0 Å². The number of H-pyrrole nitrogens is 1. The maximum absolute atomic E-state index is 6.10. The minimum atomic E-state index is -0.621. The van der Waals surface area contributed by atoms with Crippen molar-refractivity contribution in [2.24, 2.45) is 0 Å². The van der Waals surface area contributed by atoms with Crippen LogP contribution in [0.1, 0.15) is 23.2 Å². The molecule has 188 valence electrons. The molecule has 0 radical (unpaired) electrons. The van der Waals surface area contributed by atoms with Gasteiger partial charge in [-0.1, -0.05) is 121 Å². The van der Waals surface area contributed by atoms with Gasteiger partial charge in [0.25, 0.3) is 0 Å². The van der Waals surface area contributed by atoms with Gasteiger partial charge in [-0.2, -0.15) is 0 Å². The van der Waals surface area contributed by atoms with Crippen LogP contribution in [0.15, 0.2) is 145 Å². The number of methoxy groups -OCH3 is 1. The molecule has 0 saturated heterocycles. The average Bonchev–Trinajstić information content (AvgIpc) is 3.68. The first-order valence-electron chi connectivity index (χ1n) is 13.5. The van der Waals surface area contributed by atoms with Gasteiger partial charge in [-0.3, -0.25) is 0 Å². The Kier molecular flexibility index (Phi) is 5.67. The molecule has 7 rings (SSSR count). The van der Waals surface area contributed by atoms with E-state index in [-0.39, 0.29) is 0 Å². The quantitative estimate of drug-likeness (QED) is 0.241. The van der Waals surface area contributed by atoms with E-state index in [1.165, 1.54) is 38.4 Å². The SMILES string of the molecule is COc1ccccc1[C@](C1=CC=CC1)(c1ccc2ccccc2c1)c1[nH]c2ccccc2c1-c1ccccc1. The van der Waals surface area contributed by atoms with Crippen molar-refractivity contribution in [3.05, 3.63) is 162 Å². The van der Waals surface area contributed by atoms with Crippen LogP contribution in [-0.2, 0) is 5.41 Å². The molecule has 0 bridgehead atoms. The predicted molar refractivity (Wildman–Crippen MR) is 162 cm³/mol. The topological polar surface area (TPSA) is 25.0 Å². The molecule has 0 amide bonds. The van der Waals surface area contributed by atoms with Gasteiger partial charge < -0.3 is 9.72 Å². The lowest BCUT2D eigenvalue weighted by atomic mass is 9.64. The lowest BCUT2D eigenvalue weighted by Gasteiger charge is -2.38. The highest BCUT2D eigenvalue weighted by molar-refractivity contribution is 5.99. The van der Waals surface area contributed by atoms with Gasteiger partial charge in [0.05, 0.1) is 12.5 Å². The maximum Gasteiger partial charge on any atom is 0.123 e. The molecule has 1 atom stereocenters. The first-order chi connectivity index (χ1) is 19.3. The second-order valence-corrected chi connectivity index (χ2v) is 10.1. The summed E-state index contributed by atoms with van der Waals surface area (Å²) in [6.07, 6.45) is 7.59. The van der Waals surface area contributed by atoms with Crippen molar-refractivity contribution >= 4 is 21.7 Å². The van der Waals surface area contributed by atoms with Crippen molar-refractivity contribution < 1.29 is 4.74 Å². The lowest BCUT2D eigenvalue weighted by Crippen LogP contribution is -2.33. The molecule has 39 heavy (non-hydrogen) atoms. The lowest BCUT2D eigenvalue weighted by molar-refractivity contribution is 0.404. The molecule has 1 N–H and O–H groups in total. The fraction of sp³-hybridized carbons (Fsp3) is 0.0811. The summed E-state index contributed by atoms with van der Waals surface area (Å²) in [6.45, 7) is 0. The van der Waals surface area contributed by atoms with E-state index in [9.17, 15) is 0 Å². The molecule has 0 unspecified atom stereocenters. The van der Waals surface area contributed by atoms with E-state index in [2.05, 4.69) is 145 Å². The molecule has 0 spiro atoms. The van der Waals surface area contributed by atoms with Gasteiger partial charge in [-0.05, 0) is 52.1 Å². The summed E-state index contributed by atoms with van der Waals surface area (Å²) in [5, 5.41) is 3.66. The fourth-order valence-corrected chi connectivity index (χ4v) is 6.38. The summed E-state index contributed by atoms with van der Waals surface area (Å²) in [4.78, 5) is 3.95. The summed E-state index contributed by atoms with van der Waals surface area (Å²) in [5.74, 6) is 0.871. The van der Waals surface area contributed by atoms with Crippen LogP contribution in [0.2, 0.25) is 0 Å². The largest absolute Gasteiger partial charge is 0.496 e. The summed E-state index contributed by atoms with van der Waals surface area (Å²) < 4.78 is 6.10. The van der Waals surface area contributed by atoms with Crippen LogP contribution in [0.3, 0.4) is 0 Å². The Bertz CT molecular complexity index is 1870. The third-order valence-corrected chi connectivity index (χ3v) is 8.09. The number of fused-ring (bicyclic) bond motifs is 2. The number of hydrogen-bond acceptors (Lipinski definition) is 1. The summed E-state index contributed by atoms with van der Waals surface area (Å²) >= 11 is 0. The van der Waals surface area contributed by atoms with Crippen LogP contribution in [0.5, 0.6) is 5.75 Å². The molecular weight excluding hydrogens is 474 g/mol. The van der Waals surface area contributed by atoms with Crippen LogP contribution in [-0.4, -0.2) is 12.1 Å². The first-order valence-corrected chi connectivity index (χ1v) is 13.5. The van der Waals surface area contributed by atoms with E-state index in [4.69, 9.17) is 4.74 Å². The standard InChI is InChI=1S/C37H29NO/c1-39-34-22-12-10-20-32(34)37(29-17-7-8-18-29,30-24-23-26-13-5-6-16-28(26)25-30)36-35(27-14-3-2-4-15-27)31-19-9-11-21-33(31)38-36/h2-17,19-25,38H,18H2,1H3/t37-/m0/s1. The number of benzene rings is 5. The number of allylic oxidation sites excluding steroid dienone is 4. The number of hydrogen-bond donors (Lipinski definition) is 1. The minimum Gasteiger partial charge on any atom is -0.496 e. The number of para-hydroxylation sites is 2. The Morgan fingerprint density at radius 2 is 1.46 bits per heavy atom. The Morgan fingerprint density at radius 1 is 0.718 bits per heavy atom. The summed E-state index contributed by atoms with van der Waals surface area (Å²) in [7, 11) is 1.77. The van der Waals surface area contributed by atoms with Gasteiger partial charge in [-0.15, -0.1) is 0 Å². The third-order valence-electron chi connectivity index (χ3n) is 8.09. The van der Waals surface area contributed by atoms with E-state index in [0.29, 0.717) is 0 Å². The zero-order valence-corrected chi connectivity index (χ0v) is 21.9. The van der Waals surface area contributed by atoms with Crippen molar-refractivity contribution in [3.63, 3.8) is 0 Å². The summed E-state index contributed by atoms with van der Waals surface area (Å²) in [6, 6.07) is 43.4. The molecule has 1 aliphatic carbocycles. The molecular formula is C37H29NO. The molecule has 1 aromatic heterocycles. The van der Waals surface area contributed by atoms with E-state index < -0.39 is 5.41 Å². The molecule has 1 heterocycles. The number of aromatic nitrogens is 1. The molecule has 0 aliphatic heterocycles. The van der Waals surface area contributed by atoms with Crippen LogP contribution in [0.4, 0.5) is 0 Å². The molecule has 0 fully saturated rings. The fourth-order valence-electron chi connectivity index (χ4n) is 6.38. The van der Waals surface area contributed by atoms with Crippen LogP contribution < -0.4 is 4.74 Å². The first kappa shape index (κ1) is 23.3. The monoisotopic (exact) mass is 503 g/mol. The van der Waals surface area contributed by atoms with Crippen LogP contribution in [0.25, 0.3) is 32.8 Å². The normalized spacial score (nSPS) is 14.4. The summed E-state index contributed by atoms with van der Waals surface area (Å²) in [5.41, 5.74) is 7.72. The second kappa shape index (κ2) is 9.49. The van der Waals surface area contributed by atoms with Gasteiger partial charge in [0, 0.05) is 27.7 Å². The number of rotatable bonds is 6. The zero-order chi connectivity index (χ0) is 26.2. The maximum atomic E-state index is 6.10. The highest BCUT2D eigenvalue weighted by Gasteiger charge is 2.45. The van der Waals surface area contributed by atoms with E-state index in [1.54, 1.807) is 7.11 Å². The molecule has 2 heteroatoms. The smallest absolute Gasteiger partial charge is 0.123 e. The van der Waals surface area contributed by atoms with Gasteiger partial charge >= 0.3 is 0 Å². The average molecular weight is 504 g/mol. The minimum absolute atomic E-state index is 0.621. The predicted octanol–water partition coefficient (Wildman–Crippen LogP) is 9.22. The van der Waals surface area contributed by atoms with Crippen molar-refractivity contribution in [1.29, 1.82) is 0 Å². The Labute approximate surface area is 228 Å². The molecule has 0 saturated carbocycles. The van der Waals surface area contributed by atoms with Crippen molar-refractivity contribution in [1.82, 2.24) is 4.98 Å². The molecule has 2 nitrogen and oxygen atoms in total. The molecule has 5 aromatic carbocycles. The zero-order valence-electron chi connectivity index (χ0n) is 21.9. The Balaban J connectivity index is 1.69. The number of nitrogens with one attached hydrogen (secondary N) is 1. The van der Waals surface area contributed by atoms with E-state index >= 15 is 0 Å². The van der Waals surface area contributed by atoms with Crippen molar-refractivity contribution in [2.45, 2.75) is 11.8 Å². The molecule has 6 aromatic rings. The van der Waals surface area contributed by atoms with Crippen molar-refractivity contribution in [3.8, 4) is 16.9 Å². The third kappa shape index (κ3) is 3.64. The van der Waals surface area contributed by atoms with Gasteiger partial charge in [0.2, 0.25) is 0 Å². The number of aromatic amines is 1. The Morgan fingerprint density at radius 3 is 2.28 bits per heavy atom. The highest BCUT2D eigenvalue weighted by atomic mass is 16.5. The van der Waals surface area contributed by atoms with Gasteiger partial charge in [0.15, 0.2) is 0 Å². The van der Waals surface area contributed by atoms with Crippen LogP contribution in [0, 0.1) is 0 Å². The van der Waals surface area contributed by atoms with Crippen molar-refractivity contribution in [2.75, 3.05) is 7.11 Å². The Hall–Kier alpha value is -4.82. The van der Waals surface area contributed by atoms with E-state index in [1.807, 2.05) is 0 Å². The van der Waals surface area contributed by atoms with Gasteiger partial charge in [0.1, 0.15) is 5.75 Å². The molecule has 1 aliphatic rings. The highest BCUT2D eigenvalue weighted by Crippen LogP contribution is 2.54. The second-order valence-electron chi connectivity index (χ2n) is 10.1. The van der Waals surface area contributed by atoms with E-state index in [0.717, 1.165) is 28.9 Å².